The molecule has 0 radical (unpaired) electrons. The Morgan fingerprint density at radius 1 is 0.931 bits per heavy atom. The van der Waals surface area contributed by atoms with E-state index in [1.807, 2.05) is 18.5 Å². The minimum Gasteiger partial charge on any atom is -0.341 e. The van der Waals surface area contributed by atoms with Crippen LogP contribution in [0.2, 0.25) is 0 Å². The Hall–Kier alpha value is -2.80. The van der Waals surface area contributed by atoms with Crippen molar-refractivity contribution in [2.24, 2.45) is 0 Å². The van der Waals surface area contributed by atoms with Crippen LogP contribution < -0.4 is 4.90 Å². The topological polar surface area (TPSA) is 63.0 Å². The molecule has 0 N–H and O–H groups in total. The summed E-state index contributed by atoms with van der Waals surface area (Å²) in [5.74, 6) is 3.37. The molecule has 0 aliphatic carbocycles. The van der Waals surface area contributed by atoms with Gasteiger partial charge >= 0.3 is 0 Å². The first-order chi connectivity index (χ1) is 14.2. The third-order valence-electron chi connectivity index (χ3n) is 6.13. The van der Waals surface area contributed by atoms with Crippen molar-refractivity contribution in [3.05, 3.63) is 59.9 Å². The average Bonchev–Trinajstić information content (AvgIpc) is 3.10. The van der Waals surface area contributed by atoms with Crippen molar-refractivity contribution >= 4 is 5.95 Å². The largest absolute Gasteiger partial charge is 0.341 e. The first-order valence-corrected chi connectivity index (χ1v) is 10.5. The zero-order valence-electron chi connectivity index (χ0n) is 17.1. The molecule has 4 heterocycles. The number of rotatable bonds is 3. The molecule has 1 saturated heterocycles. The lowest BCUT2D eigenvalue weighted by molar-refractivity contribution is 0.201. The Morgan fingerprint density at radius 3 is 2.45 bits per heavy atom. The van der Waals surface area contributed by atoms with Crippen molar-refractivity contribution in [1.29, 1.82) is 0 Å². The second-order valence-electron chi connectivity index (χ2n) is 8.25. The molecule has 7 nitrogen and oxygen atoms in total. The molecule has 2 aliphatic rings. The van der Waals surface area contributed by atoms with Gasteiger partial charge in [-0.05, 0) is 44.4 Å². The Labute approximate surface area is 171 Å². The molecule has 7 heteroatoms. The van der Waals surface area contributed by atoms with Crippen LogP contribution in [0.3, 0.4) is 0 Å². The molecule has 2 aromatic heterocycles. The summed E-state index contributed by atoms with van der Waals surface area (Å²) in [7, 11) is 0. The van der Waals surface area contributed by atoms with E-state index < -0.39 is 0 Å². The molecular weight excluding hydrogens is 362 g/mol. The summed E-state index contributed by atoms with van der Waals surface area (Å²) in [5, 5.41) is 9.32. The Bertz CT molecular complexity index is 974. The van der Waals surface area contributed by atoms with Crippen LogP contribution in [0.1, 0.15) is 49.8 Å². The Morgan fingerprint density at radius 2 is 1.69 bits per heavy atom. The molecule has 3 aromatic rings. The molecular formula is C22H27N7. The summed E-state index contributed by atoms with van der Waals surface area (Å²) in [5.41, 5.74) is 2.58. The van der Waals surface area contributed by atoms with Crippen molar-refractivity contribution in [2.75, 3.05) is 18.0 Å². The van der Waals surface area contributed by atoms with E-state index in [9.17, 15) is 0 Å². The van der Waals surface area contributed by atoms with Crippen molar-refractivity contribution in [3.63, 3.8) is 0 Å². The van der Waals surface area contributed by atoms with E-state index in [0.29, 0.717) is 12.0 Å². The number of hydrogen-bond acceptors (Lipinski definition) is 6. The van der Waals surface area contributed by atoms with Gasteiger partial charge in [0.05, 0.1) is 12.2 Å². The van der Waals surface area contributed by atoms with Crippen LogP contribution in [0.5, 0.6) is 0 Å². The standard InChI is InChI=1S/C22H27N7/c1-16(2)28-14-18-6-3-4-7-19(18)29-20(15-28)25-26-21(29)17-8-12-27(13-9-17)22-23-10-5-11-24-22/h3-7,10-11,16-17H,8-9,12-15H2,1-2H3. The molecule has 2 aliphatic heterocycles. The molecule has 150 valence electrons. The van der Waals surface area contributed by atoms with Crippen molar-refractivity contribution in [3.8, 4) is 5.69 Å². The van der Waals surface area contributed by atoms with Gasteiger partial charge in [-0.1, -0.05) is 18.2 Å². The first kappa shape index (κ1) is 18.2. The number of piperidine rings is 1. The van der Waals surface area contributed by atoms with Crippen LogP contribution >= 0.6 is 0 Å². The molecule has 0 spiro atoms. The van der Waals surface area contributed by atoms with E-state index >= 15 is 0 Å². The highest BCUT2D eigenvalue weighted by atomic mass is 15.3. The highest BCUT2D eigenvalue weighted by Crippen LogP contribution is 2.33. The van der Waals surface area contributed by atoms with Crippen LogP contribution in [0.4, 0.5) is 5.95 Å². The monoisotopic (exact) mass is 389 g/mol. The maximum Gasteiger partial charge on any atom is 0.225 e. The lowest BCUT2D eigenvalue weighted by Crippen LogP contribution is -2.34. The summed E-state index contributed by atoms with van der Waals surface area (Å²) < 4.78 is 2.33. The van der Waals surface area contributed by atoms with E-state index in [1.54, 1.807) is 0 Å². The SMILES string of the molecule is CC(C)N1Cc2ccccc2-n2c(nnc2C2CCN(c3ncccn3)CC2)C1. The third-order valence-corrected chi connectivity index (χ3v) is 6.13. The second-order valence-corrected chi connectivity index (χ2v) is 8.25. The molecule has 1 fully saturated rings. The lowest BCUT2D eigenvalue weighted by Gasteiger charge is -2.31. The smallest absolute Gasteiger partial charge is 0.225 e. The van der Waals surface area contributed by atoms with Gasteiger partial charge in [0, 0.05) is 44.0 Å². The average molecular weight is 390 g/mol. The number of aromatic nitrogens is 5. The molecule has 1 aromatic carbocycles. The normalized spacial score (nSPS) is 17.8. The van der Waals surface area contributed by atoms with Gasteiger partial charge in [-0.3, -0.25) is 9.47 Å². The summed E-state index contributed by atoms with van der Waals surface area (Å²) in [4.78, 5) is 13.5. The molecule has 0 saturated carbocycles. The van der Waals surface area contributed by atoms with Gasteiger partial charge in [0.2, 0.25) is 5.95 Å². The maximum atomic E-state index is 4.69. The van der Waals surface area contributed by atoms with E-state index in [0.717, 1.165) is 56.6 Å². The maximum absolute atomic E-state index is 4.69. The van der Waals surface area contributed by atoms with Crippen LogP contribution in [-0.4, -0.2) is 48.8 Å². The Kier molecular flexibility index (Phi) is 4.75. The van der Waals surface area contributed by atoms with E-state index in [1.165, 1.54) is 11.3 Å². The van der Waals surface area contributed by atoms with Crippen molar-refractivity contribution in [2.45, 2.75) is 51.7 Å². The van der Waals surface area contributed by atoms with E-state index in [-0.39, 0.29) is 0 Å². The zero-order chi connectivity index (χ0) is 19.8. The van der Waals surface area contributed by atoms with Crippen LogP contribution in [0.25, 0.3) is 5.69 Å². The van der Waals surface area contributed by atoms with Gasteiger partial charge in [0.25, 0.3) is 0 Å². The molecule has 5 rings (SSSR count). The summed E-state index contributed by atoms with van der Waals surface area (Å²) in [6.45, 7) is 8.15. The first-order valence-electron chi connectivity index (χ1n) is 10.5. The lowest BCUT2D eigenvalue weighted by atomic mass is 9.95. The second kappa shape index (κ2) is 7.55. The molecule has 0 bridgehead atoms. The minimum atomic E-state index is 0.398. The highest BCUT2D eigenvalue weighted by Gasteiger charge is 2.30. The highest BCUT2D eigenvalue weighted by molar-refractivity contribution is 5.44. The van der Waals surface area contributed by atoms with Gasteiger partial charge in [-0.25, -0.2) is 9.97 Å². The van der Waals surface area contributed by atoms with Gasteiger partial charge in [-0.15, -0.1) is 10.2 Å². The van der Waals surface area contributed by atoms with Crippen LogP contribution in [0, 0.1) is 0 Å². The van der Waals surface area contributed by atoms with Crippen LogP contribution in [0.15, 0.2) is 42.7 Å². The van der Waals surface area contributed by atoms with Gasteiger partial charge in [0.1, 0.15) is 5.82 Å². The number of nitrogens with zero attached hydrogens (tertiary/aromatic N) is 7. The van der Waals surface area contributed by atoms with Crippen LogP contribution in [-0.2, 0) is 13.1 Å². The van der Waals surface area contributed by atoms with Crippen molar-refractivity contribution < 1.29 is 0 Å². The summed E-state index contributed by atoms with van der Waals surface area (Å²) >= 11 is 0. The van der Waals surface area contributed by atoms with E-state index in [2.05, 4.69) is 67.5 Å². The fraction of sp³-hybridized carbons (Fsp3) is 0.455. The number of hydrogen-bond donors (Lipinski definition) is 0. The van der Waals surface area contributed by atoms with Gasteiger partial charge in [-0.2, -0.15) is 0 Å². The molecule has 29 heavy (non-hydrogen) atoms. The van der Waals surface area contributed by atoms with Crippen molar-refractivity contribution in [1.82, 2.24) is 29.6 Å². The zero-order valence-corrected chi connectivity index (χ0v) is 17.1. The molecule has 0 atom stereocenters. The number of fused-ring (bicyclic) bond motifs is 3. The fourth-order valence-corrected chi connectivity index (χ4v) is 4.44. The van der Waals surface area contributed by atoms with E-state index in [4.69, 9.17) is 5.10 Å². The minimum absolute atomic E-state index is 0.398. The predicted octanol–water partition coefficient (Wildman–Crippen LogP) is 3.17. The van der Waals surface area contributed by atoms with Gasteiger partial charge < -0.3 is 4.90 Å². The predicted molar refractivity (Wildman–Crippen MR) is 112 cm³/mol. The molecule has 0 unspecified atom stereocenters. The quantitative estimate of drug-likeness (QED) is 0.686. The number of anilines is 1. The molecule has 0 amide bonds. The summed E-state index contributed by atoms with van der Waals surface area (Å²) in [6.07, 6.45) is 5.69. The number of para-hydroxylation sites is 1. The fourth-order valence-electron chi connectivity index (χ4n) is 4.44. The number of benzene rings is 1. The third kappa shape index (κ3) is 3.40. The summed E-state index contributed by atoms with van der Waals surface area (Å²) in [6, 6.07) is 11.0. The Balaban J connectivity index is 1.45. The van der Waals surface area contributed by atoms with Gasteiger partial charge in [0.15, 0.2) is 5.82 Å².